The fourth-order valence-electron chi connectivity index (χ4n) is 0.823. The third-order valence-corrected chi connectivity index (χ3v) is 1.87. The first-order valence-corrected chi connectivity index (χ1v) is 3.93. The van der Waals surface area contributed by atoms with Crippen molar-refractivity contribution in [2.24, 2.45) is 5.73 Å². The standard InChI is InChI=1S/C8H14N4/c1-6-11-7(4-10-12-6)8(2,3)5-9/h4H,5,9H2,1-3H3. The second-order valence-electron chi connectivity index (χ2n) is 3.48. The largest absolute Gasteiger partial charge is 0.330 e. The maximum absolute atomic E-state index is 5.60. The molecule has 0 saturated carbocycles. The van der Waals surface area contributed by atoms with Crippen molar-refractivity contribution >= 4 is 0 Å². The van der Waals surface area contributed by atoms with Crippen LogP contribution in [-0.2, 0) is 5.41 Å². The van der Waals surface area contributed by atoms with E-state index in [0.29, 0.717) is 12.4 Å². The van der Waals surface area contributed by atoms with E-state index in [9.17, 15) is 0 Å². The van der Waals surface area contributed by atoms with Gasteiger partial charge in [0.2, 0.25) is 0 Å². The highest BCUT2D eigenvalue weighted by Gasteiger charge is 2.20. The van der Waals surface area contributed by atoms with Crippen molar-refractivity contribution in [3.05, 3.63) is 17.7 Å². The van der Waals surface area contributed by atoms with Gasteiger partial charge in [-0.15, -0.1) is 5.10 Å². The van der Waals surface area contributed by atoms with Crippen molar-refractivity contribution in [2.75, 3.05) is 6.54 Å². The molecule has 66 valence electrons. The Morgan fingerprint density at radius 1 is 1.50 bits per heavy atom. The van der Waals surface area contributed by atoms with Crippen LogP contribution in [0.4, 0.5) is 0 Å². The Kier molecular flexibility index (Phi) is 2.38. The van der Waals surface area contributed by atoms with Crippen molar-refractivity contribution in [3.8, 4) is 0 Å². The molecule has 1 heterocycles. The second kappa shape index (κ2) is 3.15. The molecule has 4 nitrogen and oxygen atoms in total. The molecule has 1 rings (SSSR count). The van der Waals surface area contributed by atoms with Gasteiger partial charge in [0.15, 0.2) is 0 Å². The number of hydrogen-bond acceptors (Lipinski definition) is 4. The number of hydrogen-bond donors (Lipinski definition) is 1. The van der Waals surface area contributed by atoms with Gasteiger partial charge in [-0.1, -0.05) is 13.8 Å². The Morgan fingerprint density at radius 2 is 2.17 bits per heavy atom. The highest BCUT2D eigenvalue weighted by atomic mass is 15.1. The highest BCUT2D eigenvalue weighted by molar-refractivity contribution is 5.10. The SMILES string of the molecule is Cc1nncc(C(C)(C)CN)n1. The van der Waals surface area contributed by atoms with Crippen molar-refractivity contribution in [2.45, 2.75) is 26.2 Å². The zero-order valence-electron chi connectivity index (χ0n) is 7.70. The molecule has 0 saturated heterocycles. The van der Waals surface area contributed by atoms with Crippen molar-refractivity contribution in [3.63, 3.8) is 0 Å². The second-order valence-corrected chi connectivity index (χ2v) is 3.48. The monoisotopic (exact) mass is 166 g/mol. The van der Waals surface area contributed by atoms with Crippen molar-refractivity contribution < 1.29 is 0 Å². The summed E-state index contributed by atoms with van der Waals surface area (Å²) in [4.78, 5) is 4.26. The maximum atomic E-state index is 5.60. The summed E-state index contributed by atoms with van der Waals surface area (Å²) in [5, 5.41) is 7.62. The Morgan fingerprint density at radius 3 is 2.67 bits per heavy atom. The van der Waals surface area contributed by atoms with Gasteiger partial charge in [-0.2, -0.15) is 5.10 Å². The molecule has 0 aliphatic heterocycles. The number of rotatable bonds is 2. The van der Waals surface area contributed by atoms with E-state index in [1.165, 1.54) is 0 Å². The van der Waals surface area contributed by atoms with Crippen molar-refractivity contribution in [1.29, 1.82) is 0 Å². The van der Waals surface area contributed by atoms with Gasteiger partial charge in [-0.05, 0) is 6.92 Å². The smallest absolute Gasteiger partial charge is 0.148 e. The Bertz CT molecular complexity index is 270. The molecule has 0 atom stereocenters. The Labute approximate surface area is 72.2 Å². The lowest BCUT2D eigenvalue weighted by atomic mass is 9.90. The normalized spacial score (nSPS) is 11.7. The first-order chi connectivity index (χ1) is 5.56. The molecule has 2 N–H and O–H groups in total. The summed E-state index contributed by atoms with van der Waals surface area (Å²) in [7, 11) is 0. The Hall–Kier alpha value is -1.03. The van der Waals surface area contributed by atoms with E-state index in [1.54, 1.807) is 6.20 Å². The number of aromatic nitrogens is 3. The molecule has 12 heavy (non-hydrogen) atoms. The van der Waals surface area contributed by atoms with Gasteiger partial charge in [-0.25, -0.2) is 4.98 Å². The number of nitrogens with zero attached hydrogens (tertiary/aromatic N) is 3. The minimum absolute atomic E-state index is 0.110. The summed E-state index contributed by atoms with van der Waals surface area (Å²) >= 11 is 0. The van der Waals surface area contributed by atoms with Gasteiger partial charge in [0.25, 0.3) is 0 Å². The Balaban J connectivity index is 3.03. The van der Waals surface area contributed by atoms with E-state index in [0.717, 1.165) is 5.69 Å². The van der Waals surface area contributed by atoms with Crippen LogP contribution in [-0.4, -0.2) is 21.7 Å². The molecule has 4 heteroatoms. The summed E-state index contributed by atoms with van der Waals surface area (Å²) in [5.41, 5.74) is 6.39. The predicted octanol–water partition coefficient (Wildman–Crippen LogP) is 0.416. The van der Waals surface area contributed by atoms with Gasteiger partial charge in [0.1, 0.15) is 5.82 Å². The lowest BCUT2D eigenvalue weighted by molar-refractivity contribution is 0.513. The van der Waals surface area contributed by atoms with Gasteiger partial charge in [0, 0.05) is 12.0 Å². The average molecular weight is 166 g/mol. The van der Waals surface area contributed by atoms with Crippen LogP contribution in [0.15, 0.2) is 6.20 Å². The van der Waals surface area contributed by atoms with Gasteiger partial charge >= 0.3 is 0 Å². The molecular formula is C8H14N4. The molecule has 1 aromatic heterocycles. The number of aryl methyl sites for hydroxylation is 1. The van der Waals surface area contributed by atoms with Crippen LogP contribution in [0.5, 0.6) is 0 Å². The molecule has 1 aromatic rings. The van der Waals surface area contributed by atoms with E-state index in [4.69, 9.17) is 5.73 Å². The summed E-state index contributed by atoms with van der Waals surface area (Å²) in [6.45, 7) is 6.46. The summed E-state index contributed by atoms with van der Waals surface area (Å²) < 4.78 is 0. The van der Waals surface area contributed by atoms with Gasteiger partial charge < -0.3 is 5.73 Å². The fraction of sp³-hybridized carbons (Fsp3) is 0.625. The van der Waals surface area contributed by atoms with Crippen LogP contribution >= 0.6 is 0 Å². The molecule has 0 bridgehead atoms. The zero-order valence-corrected chi connectivity index (χ0v) is 7.70. The van der Waals surface area contributed by atoms with Gasteiger partial charge in [0.05, 0.1) is 11.9 Å². The molecule has 0 radical (unpaired) electrons. The third kappa shape index (κ3) is 1.76. The van der Waals surface area contributed by atoms with E-state index >= 15 is 0 Å². The first-order valence-electron chi connectivity index (χ1n) is 3.93. The van der Waals surface area contributed by atoms with Crippen molar-refractivity contribution in [1.82, 2.24) is 15.2 Å². The van der Waals surface area contributed by atoms with Crippen LogP contribution < -0.4 is 5.73 Å². The van der Waals surface area contributed by atoms with Crippen LogP contribution in [0, 0.1) is 6.92 Å². The highest BCUT2D eigenvalue weighted by Crippen LogP contribution is 2.17. The van der Waals surface area contributed by atoms with Crippen LogP contribution in [0.3, 0.4) is 0 Å². The zero-order chi connectivity index (χ0) is 9.19. The molecule has 0 aromatic carbocycles. The first kappa shape index (κ1) is 9.06. The average Bonchev–Trinajstić information content (AvgIpc) is 2.05. The fourth-order valence-corrected chi connectivity index (χ4v) is 0.823. The van der Waals surface area contributed by atoms with E-state index < -0.39 is 0 Å². The quantitative estimate of drug-likeness (QED) is 0.691. The number of nitrogens with two attached hydrogens (primary N) is 1. The van der Waals surface area contributed by atoms with E-state index in [-0.39, 0.29) is 5.41 Å². The minimum atomic E-state index is -0.110. The predicted molar refractivity (Wildman–Crippen MR) is 46.6 cm³/mol. The topological polar surface area (TPSA) is 64.7 Å². The summed E-state index contributed by atoms with van der Waals surface area (Å²) in [6, 6.07) is 0. The molecule has 0 amide bonds. The molecule has 0 unspecified atom stereocenters. The van der Waals surface area contributed by atoms with Gasteiger partial charge in [-0.3, -0.25) is 0 Å². The maximum Gasteiger partial charge on any atom is 0.148 e. The molecule has 0 spiro atoms. The van der Waals surface area contributed by atoms with E-state index in [2.05, 4.69) is 15.2 Å². The third-order valence-electron chi connectivity index (χ3n) is 1.87. The molecule has 0 aliphatic rings. The summed E-state index contributed by atoms with van der Waals surface area (Å²) in [6.07, 6.45) is 1.67. The summed E-state index contributed by atoms with van der Waals surface area (Å²) in [5.74, 6) is 0.689. The molecule has 0 fully saturated rings. The van der Waals surface area contributed by atoms with Crippen LogP contribution in [0.25, 0.3) is 0 Å². The van der Waals surface area contributed by atoms with Crippen LogP contribution in [0.1, 0.15) is 25.4 Å². The lowest BCUT2D eigenvalue weighted by Crippen LogP contribution is -2.29. The molecular weight excluding hydrogens is 152 g/mol. The van der Waals surface area contributed by atoms with E-state index in [1.807, 2.05) is 20.8 Å². The molecule has 0 aliphatic carbocycles. The van der Waals surface area contributed by atoms with Crippen LogP contribution in [0.2, 0.25) is 0 Å². The minimum Gasteiger partial charge on any atom is -0.330 e. The lowest BCUT2D eigenvalue weighted by Gasteiger charge is -2.20.